The highest BCUT2D eigenvalue weighted by Gasteiger charge is 2.19. The summed E-state index contributed by atoms with van der Waals surface area (Å²) in [4.78, 5) is 39.5. The van der Waals surface area contributed by atoms with E-state index in [1.54, 1.807) is 37.3 Å². The highest BCUT2D eigenvalue weighted by atomic mass is 35.5. The van der Waals surface area contributed by atoms with Gasteiger partial charge in [0.15, 0.2) is 10.9 Å². The van der Waals surface area contributed by atoms with E-state index in [2.05, 4.69) is 25.8 Å². The monoisotopic (exact) mass is 471 g/mol. The lowest BCUT2D eigenvalue weighted by Gasteiger charge is -2.14. The summed E-state index contributed by atoms with van der Waals surface area (Å²) in [6.45, 7) is 6.82. The molecular weight excluding hydrogens is 450 g/mol. The van der Waals surface area contributed by atoms with Gasteiger partial charge in [0.05, 0.1) is 10.9 Å². The van der Waals surface area contributed by atoms with Crippen molar-refractivity contribution in [3.8, 4) is 11.3 Å². The van der Waals surface area contributed by atoms with Crippen LogP contribution in [0.5, 0.6) is 0 Å². The quantitative estimate of drug-likeness (QED) is 0.464. The molecule has 3 aromatic rings. The zero-order valence-corrected chi connectivity index (χ0v) is 19.5. The van der Waals surface area contributed by atoms with Gasteiger partial charge in [-0.2, -0.15) is 0 Å². The minimum absolute atomic E-state index is 0.0842. The van der Waals surface area contributed by atoms with Gasteiger partial charge in [-0.05, 0) is 50.6 Å². The molecule has 8 nitrogen and oxygen atoms in total. The minimum Gasteiger partial charge on any atom is -0.325 e. The molecule has 0 bridgehead atoms. The molecule has 0 aliphatic carbocycles. The van der Waals surface area contributed by atoms with Gasteiger partial charge in [0.2, 0.25) is 11.8 Å². The van der Waals surface area contributed by atoms with E-state index in [4.69, 9.17) is 11.6 Å². The Bertz CT molecular complexity index is 1240. The molecule has 166 valence electrons. The lowest BCUT2D eigenvalue weighted by Crippen LogP contribution is -2.23. The van der Waals surface area contributed by atoms with Gasteiger partial charge in [0.25, 0.3) is 5.56 Å². The number of aromatic nitrogens is 3. The van der Waals surface area contributed by atoms with Gasteiger partial charge >= 0.3 is 0 Å². The fraction of sp³-hybridized carbons (Fsp3) is 0.227. The van der Waals surface area contributed by atoms with Crippen LogP contribution in [0.3, 0.4) is 0 Å². The van der Waals surface area contributed by atoms with Crippen molar-refractivity contribution in [3.05, 3.63) is 62.9 Å². The van der Waals surface area contributed by atoms with E-state index in [1.165, 1.54) is 6.92 Å². The fourth-order valence-electron chi connectivity index (χ4n) is 3.08. The maximum Gasteiger partial charge on any atom is 0.278 e. The van der Waals surface area contributed by atoms with Crippen molar-refractivity contribution in [1.29, 1.82) is 0 Å². The number of halogens is 1. The summed E-state index contributed by atoms with van der Waals surface area (Å²) in [5.41, 5.74) is 2.90. The zero-order chi connectivity index (χ0) is 23.4. The predicted octanol–water partition coefficient (Wildman–Crippen LogP) is 4.18. The number of amides is 2. The summed E-state index contributed by atoms with van der Waals surface area (Å²) in [5.74, 6) is -0.527. The van der Waals surface area contributed by atoms with Gasteiger partial charge in [0, 0.05) is 23.2 Å². The molecular formula is C22H22ClN5O3S. The van der Waals surface area contributed by atoms with Crippen LogP contribution < -0.4 is 16.2 Å². The molecule has 1 heterocycles. The number of aromatic amines is 1. The number of rotatable bonds is 6. The first-order valence-electron chi connectivity index (χ1n) is 9.73. The smallest absolute Gasteiger partial charge is 0.278 e. The summed E-state index contributed by atoms with van der Waals surface area (Å²) in [5, 5.41) is 13.9. The number of H-pyrrole nitrogens is 1. The number of thioether (sulfide) groups is 1. The SMILES string of the molecule is CC(=O)Nc1c(C)cc(C)cc1-c1nnc(SC(C)C(=O)Nc2cccc(Cl)c2)[nH]c1=O. The molecule has 2 aromatic carbocycles. The van der Waals surface area contributed by atoms with Crippen LogP contribution in [0, 0.1) is 13.8 Å². The van der Waals surface area contributed by atoms with Crippen molar-refractivity contribution in [2.24, 2.45) is 0 Å². The lowest BCUT2D eigenvalue weighted by atomic mass is 10.0. The summed E-state index contributed by atoms with van der Waals surface area (Å²) in [6.07, 6.45) is 0. The van der Waals surface area contributed by atoms with E-state index < -0.39 is 10.8 Å². The second-order valence-corrected chi connectivity index (χ2v) is 9.02. The Hall–Kier alpha value is -3.17. The Labute approximate surface area is 194 Å². The van der Waals surface area contributed by atoms with E-state index >= 15 is 0 Å². The summed E-state index contributed by atoms with van der Waals surface area (Å²) in [7, 11) is 0. The molecule has 0 spiro atoms. The van der Waals surface area contributed by atoms with E-state index in [0.717, 1.165) is 22.9 Å². The highest BCUT2D eigenvalue weighted by molar-refractivity contribution is 8.00. The standard InChI is InChI=1S/C22H22ClN5O3S/c1-11-8-12(2)18(24-14(4)29)17(9-11)19-21(31)26-22(28-27-19)32-13(3)20(30)25-16-7-5-6-15(23)10-16/h5-10,13H,1-4H3,(H,24,29)(H,25,30)(H,26,28,31). The van der Waals surface area contributed by atoms with Crippen molar-refractivity contribution in [2.45, 2.75) is 38.1 Å². The van der Waals surface area contributed by atoms with Crippen molar-refractivity contribution < 1.29 is 9.59 Å². The second kappa shape index (κ2) is 9.97. The molecule has 3 rings (SSSR count). The normalized spacial score (nSPS) is 11.7. The van der Waals surface area contributed by atoms with Crippen LogP contribution in [-0.4, -0.2) is 32.2 Å². The van der Waals surface area contributed by atoms with Crippen LogP contribution in [0.15, 0.2) is 46.3 Å². The zero-order valence-electron chi connectivity index (χ0n) is 17.9. The Balaban J connectivity index is 1.82. The number of hydrogen-bond acceptors (Lipinski definition) is 6. The van der Waals surface area contributed by atoms with Gasteiger partial charge < -0.3 is 10.6 Å². The number of carbonyl (C=O) groups excluding carboxylic acids is 2. The number of hydrogen-bond donors (Lipinski definition) is 3. The van der Waals surface area contributed by atoms with Crippen LogP contribution in [0.25, 0.3) is 11.3 Å². The summed E-state index contributed by atoms with van der Waals surface area (Å²) in [6, 6.07) is 10.5. The third-order valence-electron chi connectivity index (χ3n) is 4.46. The molecule has 0 radical (unpaired) electrons. The highest BCUT2D eigenvalue weighted by Crippen LogP contribution is 2.30. The summed E-state index contributed by atoms with van der Waals surface area (Å²) < 4.78 is 0. The second-order valence-electron chi connectivity index (χ2n) is 7.25. The van der Waals surface area contributed by atoms with E-state index in [-0.39, 0.29) is 22.7 Å². The predicted molar refractivity (Wildman–Crippen MR) is 127 cm³/mol. The minimum atomic E-state index is -0.555. The fourth-order valence-corrected chi connectivity index (χ4v) is 4.01. The Morgan fingerprint density at radius 1 is 1.12 bits per heavy atom. The van der Waals surface area contributed by atoms with Crippen molar-refractivity contribution in [1.82, 2.24) is 15.2 Å². The Morgan fingerprint density at radius 3 is 2.53 bits per heavy atom. The first kappa shape index (κ1) is 23.5. The molecule has 3 N–H and O–H groups in total. The molecule has 32 heavy (non-hydrogen) atoms. The van der Waals surface area contributed by atoms with Gasteiger partial charge in [-0.15, -0.1) is 10.2 Å². The van der Waals surface area contributed by atoms with Crippen LogP contribution in [0.2, 0.25) is 5.02 Å². The molecule has 1 aromatic heterocycles. The molecule has 0 saturated carbocycles. The van der Waals surface area contributed by atoms with E-state index in [1.807, 2.05) is 19.9 Å². The molecule has 2 amide bonds. The van der Waals surface area contributed by atoms with Crippen LogP contribution >= 0.6 is 23.4 Å². The van der Waals surface area contributed by atoms with Gasteiger partial charge in [-0.1, -0.05) is 41.1 Å². The third-order valence-corrected chi connectivity index (χ3v) is 5.67. The number of carbonyl (C=O) groups is 2. The molecule has 0 fully saturated rings. The molecule has 0 aliphatic heterocycles. The van der Waals surface area contributed by atoms with Crippen LogP contribution in [0.4, 0.5) is 11.4 Å². The topological polar surface area (TPSA) is 117 Å². The number of nitrogens with zero attached hydrogens (tertiary/aromatic N) is 2. The lowest BCUT2D eigenvalue weighted by molar-refractivity contribution is -0.115. The van der Waals surface area contributed by atoms with E-state index in [9.17, 15) is 14.4 Å². The Kier molecular flexibility index (Phi) is 7.32. The first-order chi connectivity index (χ1) is 15.1. The Morgan fingerprint density at radius 2 is 1.88 bits per heavy atom. The van der Waals surface area contributed by atoms with Crippen molar-refractivity contribution in [3.63, 3.8) is 0 Å². The number of nitrogens with one attached hydrogen (secondary N) is 3. The molecule has 0 saturated heterocycles. The number of benzene rings is 2. The van der Waals surface area contributed by atoms with Gasteiger partial charge in [-0.25, -0.2) is 0 Å². The number of anilines is 2. The van der Waals surface area contributed by atoms with Crippen LogP contribution in [-0.2, 0) is 9.59 Å². The summed E-state index contributed by atoms with van der Waals surface area (Å²) >= 11 is 7.01. The largest absolute Gasteiger partial charge is 0.325 e. The molecule has 1 unspecified atom stereocenters. The molecule has 0 aliphatic rings. The van der Waals surface area contributed by atoms with E-state index in [0.29, 0.717) is 22.0 Å². The maximum atomic E-state index is 12.8. The van der Waals surface area contributed by atoms with Crippen molar-refractivity contribution in [2.75, 3.05) is 10.6 Å². The average molecular weight is 472 g/mol. The van der Waals surface area contributed by atoms with Gasteiger partial charge in [0.1, 0.15) is 0 Å². The van der Waals surface area contributed by atoms with Crippen molar-refractivity contribution >= 4 is 46.6 Å². The average Bonchev–Trinajstić information content (AvgIpc) is 2.70. The van der Waals surface area contributed by atoms with Crippen LogP contribution in [0.1, 0.15) is 25.0 Å². The maximum absolute atomic E-state index is 12.8. The number of aryl methyl sites for hydroxylation is 2. The molecule has 1 atom stereocenters. The molecule has 10 heteroatoms. The van der Waals surface area contributed by atoms with Gasteiger partial charge in [-0.3, -0.25) is 19.4 Å². The third kappa shape index (κ3) is 5.74. The first-order valence-corrected chi connectivity index (χ1v) is 11.0.